The van der Waals surface area contributed by atoms with Crippen LogP contribution in [0, 0.1) is 6.92 Å². The second-order valence-electron chi connectivity index (χ2n) is 6.70. The number of aryl methyl sites for hydroxylation is 1. The molecule has 2 N–H and O–H groups in total. The molecule has 0 unspecified atom stereocenters. The molecule has 0 saturated heterocycles. The summed E-state index contributed by atoms with van der Waals surface area (Å²) in [4.78, 5) is 14.3. The predicted molar refractivity (Wildman–Crippen MR) is 102 cm³/mol. The third-order valence-electron chi connectivity index (χ3n) is 5.05. The highest BCUT2D eigenvalue weighted by Gasteiger charge is 2.34. The van der Waals surface area contributed by atoms with Gasteiger partial charge in [0.15, 0.2) is 5.75 Å². The number of fused-ring (bicyclic) bond motifs is 2. The highest BCUT2D eigenvalue weighted by molar-refractivity contribution is 6.32. The van der Waals surface area contributed by atoms with Crippen LogP contribution >= 0.6 is 11.6 Å². The molecule has 0 saturated carbocycles. The van der Waals surface area contributed by atoms with Crippen LogP contribution in [-0.4, -0.2) is 36.2 Å². The van der Waals surface area contributed by atoms with Crippen molar-refractivity contribution in [3.8, 4) is 5.75 Å². The van der Waals surface area contributed by atoms with E-state index in [1.807, 2.05) is 16.8 Å². The molecule has 0 aromatic carbocycles. The van der Waals surface area contributed by atoms with Gasteiger partial charge in [0.05, 0.1) is 34.5 Å². The molecule has 8 heteroatoms. The highest BCUT2D eigenvalue weighted by Crippen LogP contribution is 2.37. The monoisotopic (exact) mass is 380 g/mol. The van der Waals surface area contributed by atoms with Crippen LogP contribution < -0.4 is 4.90 Å². The standard InChI is InChI=1S/C19H17ClN6O/c1-11-3-2-5-26-15(11)8-14(24-26)19-18-13(22-10-23-18)4-6-25(19)17-7-12(20)16(27)9-21-17/h2-3,5,7-10,19,27H,4,6H2,1H3,(H,22,23)/t19-/m1/s1. The van der Waals surface area contributed by atoms with Crippen molar-refractivity contribution in [1.29, 1.82) is 0 Å². The number of nitrogens with one attached hydrogen (secondary N) is 1. The molecule has 27 heavy (non-hydrogen) atoms. The minimum absolute atomic E-state index is 0.0298. The molecule has 0 bridgehead atoms. The molecule has 0 spiro atoms. The van der Waals surface area contributed by atoms with Gasteiger partial charge in [-0.15, -0.1) is 0 Å². The topological polar surface area (TPSA) is 82.3 Å². The van der Waals surface area contributed by atoms with Crippen LogP contribution in [0.25, 0.3) is 5.52 Å². The number of imidazole rings is 1. The average Bonchev–Trinajstić information content (AvgIpc) is 3.30. The molecule has 0 fully saturated rings. The van der Waals surface area contributed by atoms with Crippen molar-refractivity contribution in [2.24, 2.45) is 0 Å². The number of anilines is 1. The molecular weight excluding hydrogens is 364 g/mol. The van der Waals surface area contributed by atoms with Gasteiger partial charge in [0, 0.05) is 30.9 Å². The van der Waals surface area contributed by atoms with Crippen LogP contribution in [-0.2, 0) is 6.42 Å². The van der Waals surface area contributed by atoms with Gasteiger partial charge in [-0.25, -0.2) is 14.5 Å². The van der Waals surface area contributed by atoms with E-state index >= 15 is 0 Å². The maximum Gasteiger partial charge on any atom is 0.152 e. The Labute approximate surface area is 160 Å². The highest BCUT2D eigenvalue weighted by atomic mass is 35.5. The van der Waals surface area contributed by atoms with Gasteiger partial charge in [0.1, 0.15) is 11.9 Å². The second kappa shape index (κ2) is 5.99. The zero-order valence-electron chi connectivity index (χ0n) is 14.6. The first kappa shape index (κ1) is 16.1. The SMILES string of the molecule is Cc1cccn2nc([C@@H]3c4nc[nH]c4CCN3c3cc(Cl)c(O)cn3)cc12. The van der Waals surface area contributed by atoms with Crippen molar-refractivity contribution >= 4 is 22.9 Å². The Morgan fingerprint density at radius 1 is 1.30 bits per heavy atom. The molecule has 1 aliphatic rings. The largest absolute Gasteiger partial charge is 0.505 e. The molecule has 1 atom stereocenters. The summed E-state index contributed by atoms with van der Waals surface area (Å²) >= 11 is 6.13. The summed E-state index contributed by atoms with van der Waals surface area (Å²) in [5.41, 5.74) is 5.16. The normalized spacial score (nSPS) is 16.7. The maximum absolute atomic E-state index is 9.73. The summed E-state index contributed by atoms with van der Waals surface area (Å²) in [5.74, 6) is 0.656. The van der Waals surface area contributed by atoms with E-state index in [2.05, 4.69) is 38.9 Å². The van der Waals surface area contributed by atoms with Gasteiger partial charge in [-0.3, -0.25) is 0 Å². The van der Waals surface area contributed by atoms with Crippen molar-refractivity contribution in [2.45, 2.75) is 19.4 Å². The molecule has 1 aliphatic heterocycles. The van der Waals surface area contributed by atoms with E-state index in [1.54, 1.807) is 12.4 Å². The zero-order chi connectivity index (χ0) is 18.5. The summed E-state index contributed by atoms with van der Waals surface area (Å²) in [6.45, 7) is 2.81. The molecule has 0 aliphatic carbocycles. The lowest BCUT2D eigenvalue weighted by Gasteiger charge is -2.34. The van der Waals surface area contributed by atoms with Crippen LogP contribution in [0.3, 0.4) is 0 Å². The number of aromatic nitrogens is 5. The molecular formula is C19H17ClN6O. The molecule has 5 heterocycles. The number of H-pyrrole nitrogens is 1. The van der Waals surface area contributed by atoms with E-state index < -0.39 is 0 Å². The van der Waals surface area contributed by atoms with Crippen molar-refractivity contribution in [2.75, 3.05) is 11.4 Å². The van der Waals surface area contributed by atoms with Crippen molar-refractivity contribution in [1.82, 2.24) is 24.6 Å². The van der Waals surface area contributed by atoms with Crippen LogP contribution in [0.1, 0.15) is 28.7 Å². The van der Waals surface area contributed by atoms with Crippen LogP contribution in [0.2, 0.25) is 5.02 Å². The average molecular weight is 381 g/mol. The Bertz CT molecular complexity index is 1150. The molecule has 4 aromatic rings. The Balaban J connectivity index is 1.68. The van der Waals surface area contributed by atoms with Crippen LogP contribution in [0.15, 0.2) is 43.0 Å². The number of hydrogen-bond acceptors (Lipinski definition) is 5. The fourth-order valence-corrected chi connectivity index (χ4v) is 3.85. The van der Waals surface area contributed by atoms with Crippen molar-refractivity contribution in [3.63, 3.8) is 0 Å². The molecule has 0 radical (unpaired) electrons. The predicted octanol–water partition coefficient (Wildman–Crippen LogP) is 3.27. The smallest absolute Gasteiger partial charge is 0.152 e. The summed E-state index contributed by atoms with van der Waals surface area (Å²) in [6, 6.07) is 7.65. The summed E-state index contributed by atoms with van der Waals surface area (Å²) in [6.07, 6.45) is 5.86. The van der Waals surface area contributed by atoms with Gasteiger partial charge >= 0.3 is 0 Å². The van der Waals surface area contributed by atoms with Crippen molar-refractivity contribution in [3.05, 3.63) is 70.7 Å². The van der Waals surface area contributed by atoms with E-state index in [0.717, 1.165) is 41.1 Å². The summed E-state index contributed by atoms with van der Waals surface area (Å²) in [7, 11) is 0. The molecule has 4 aromatic heterocycles. The molecule has 136 valence electrons. The molecule has 7 nitrogen and oxygen atoms in total. The lowest BCUT2D eigenvalue weighted by Crippen LogP contribution is -2.37. The Hall–Kier alpha value is -3.06. The van der Waals surface area contributed by atoms with E-state index in [4.69, 9.17) is 16.7 Å². The second-order valence-corrected chi connectivity index (χ2v) is 7.10. The van der Waals surface area contributed by atoms with Gasteiger partial charge in [-0.2, -0.15) is 5.10 Å². The minimum atomic E-state index is -0.188. The summed E-state index contributed by atoms with van der Waals surface area (Å²) in [5, 5.41) is 14.8. The van der Waals surface area contributed by atoms with Crippen LogP contribution in [0.5, 0.6) is 5.75 Å². The maximum atomic E-state index is 9.73. The first-order valence-corrected chi connectivity index (χ1v) is 9.08. The van der Waals surface area contributed by atoms with Crippen molar-refractivity contribution < 1.29 is 5.11 Å². The van der Waals surface area contributed by atoms with E-state index in [0.29, 0.717) is 5.82 Å². The van der Waals surface area contributed by atoms with Gasteiger partial charge in [-0.05, 0) is 24.6 Å². The first-order valence-electron chi connectivity index (χ1n) is 8.70. The first-order chi connectivity index (χ1) is 13.1. The van der Waals surface area contributed by atoms with Gasteiger partial charge in [0.2, 0.25) is 0 Å². The number of halogens is 1. The number of hydrogen-bond donors (Lipinski definition) is 2. The third kappa shape index (κ3) is 2.54. The lowest BCUT2D eigenvalue weighted by molar-refractivity contribution is 0.472. The van der Waals surface area contributed by atoms with Gasteiger partial charge < -0.3 is 15.0 Å². The molecule has 5 rings (SSSR count). The number of aromatic hydroxyl groups is 1. The van der Waals surface area contributed by atoms with Gasteiger partial charge in [0.25, 0.3) is 0 Å². The Morgan fingerprint density at radius 2 is 2.19 bits per heavy atom. The summed E-state index contributed by atoms with van der Waals surface area (Å²) < 4.78 is 1.89. The Kier molecular flexibility index (Phi) is 3.58. The van der Waals surface area contributed by atoms with Crippen LogP contribution in [0.4, 0.5) is 5.82 Å². The fraction of sp³-hybridized carbons (Fsp3) is 0.211. The van der Waals surface area contributed by atoms with Gasteiger partial charge in [-0.1, -0.05) is 17.7 Å². The zero-order valence-corrected chi connectivity index (χ0v) is 15.4. The lowest BCUT2D eigenvalue weighted by atomic mass is 9.99. The van der Waals surface area contributed by atoms with E-state index in [1.165, 1.54) is 6.20 Å². The number of aromatic amines is 1. The van der Waals surface area contributed by atoms with E-state index in [-0.39, 0.29) is 16.8 Å². The quantitative estimate of drug-likeness (QED) is 0.557. The Morgan fingerprint density at radius 3 is 3.00 bits per heavy atom. The number of rotatable bonds is 2. The van der Waals surface area contributed by atoms with E-state index in [9.17, 15) is 5.11 Å². The molecule has 0 amide bonds. The number of pyridine rings is 2. The minimum Gasteiger partial charge on any atom is -0.505 e. The fourth-order valence-electron chi connectivity index (χ4n) is 3.70. The third-order valence-corrected chi connectivity index (χ3v) is 5.35. The number of nitrogens with zero attached hydrogens (tertiary/aromatic N) is 5.